The highest BCUT2D eigenvalue weighted by atomic mass is 35.5. The minimum absolute atomic E-state index is 0.119. The molecule has 3 heterocycles. The summed E-state index contributed by atoms with van der Waals surface area (Å²) < 4.78 is 7.92. The van der Waals surface area contributed by atoms with E-state index in [1.54, 1.807) is 0 Å². The number of fused-ring (bicyclic) bond motifs is 1. The molecule has 130 valence electrons. The van der Waals surface area contributed by atoms with Crippen molar-refractivity contribution >= 4 is 22.6 Å². The van der Waals surface area contributed by atoms with Crippen molar-refractivity contribution in [1.29, 1.82) is 0 Å². The molecule has 1 aliphatic rings. The molecule has 3 aromatic rings. The maximum absolute atomic E-state index is 10.2. The molecule has 1 aliphatic heterocycles. The summed E-state index contributed by atoms with van der Waals surface area (Å²) in [4.78, 5) is 0. The standard InChI is InChI=1S/C19H20ClN3O2/c1-12-8-14(20)10-17(24)18(12)16-9-13-5-6-23(19(13)22-21-16)11-15-4-2-3-7-25-15/h5-6,8-10,15,24H,2-4,7,11H2,1H3. The maximum Gasteiger partial charge on any atom is 0.162 e. The Balaban J connectivity index is 1.68. The van der Waals surface area contributed by atoms with E-state index >= 15 is 0 Å². The number of rotatable bonds is 3. The van der Waals surface area contributed by atoms with Crippen LogP contribution in [-0.2, 0) is 11.3 Å². The number of ether oxygens (including phenoxy) is 1. The predicted molar refractivity (Wildman–Crippen MR) is 98.0 cm³/mol. The van der Waals surface area contributed by atoms with E-state index in [0.29, 0.717) is 16.3 Å². The molecule has 0 saturated carbocycles. The quantitative estimate of drug-likeness (QED) is 0.757. The zero-order valence-electron chi connectivity index (χ0n) is 14.1. The van der Waals surface area contributed by atoms with Crippen molar-refractivity contribution in [3.63, 3.8) is 0 Å². The molecule has 1 saturated heterocycles. The molecular weight excluding hydrogens is 338 g/mol. The van der Waals surface area contributed by atoms with Gasteiger partial charge < -0.3 is 14.4 Å². The second-order valence-electron chi connectivity index (χ2n) is 6.58. The molecule has 2 aromatic heterocycles. The molecule has 25 heavy (non-hydrogen) atoms. The van der Waals surface area contributed by atoms with Gasteiger partial charge in [0.15, 0.2) is 5.65 Å². The van der Waals surface area contributed by atoms with E-state index in [9.17, 15) is 5.11 Å². The van der Waals surface area contributed by atoms with Crippen LogP contribution in [0.25, 0.3) is 22.3 Å². The van der Waals surface area contributed by atoms with Crippen molar-refractivity contribution in [3.8, 4) is 17.0 Å². The molecule has 5 nitrogen and oxygen atoms in total. The molecule has 1 aromatic carbocycles. The number of phenols is 1. The Hall–Kier alpha value is -2.11. The molecule has 1 atom stereocenters. The van der Waals surface area contributed by atoms with Gasteiger partial charge in [-0.25, -0.2) is 0 Å². The van der Waals surface area contributed by atoms with E-state index in [4.69, 9.17) is 16.3 Å². The summed E-state index contributed by atoms with van der Waals surface area (Å²) in [6.45, 7) is 3.54. The van der Waals surface area contributed by atoms with E-state index in [1.165, 1.54) is 12.5 Å². The molecule has 1 fully saturated rings. The van der Waals surface area contributed by atoms with Crippen molar-refractivity contribution in [3.05, 3.63) is 41.0 Å². The molecule has 1 unspecified atom stereocenters. The highest BCUT2D eigenvalue weighted by Gasteiger charge is 2.17. The number of halogens is 1. The number of nitrogens with zero attached hydrogens (tertiary/aromatic N) is 3. The van der Waals surface area contributed by atoms with Crippen LogP contribution in [0.3, 0.4) is 0 Å². The molecular formula is C19H20ClN3O2. The highest BCUT2D eigenvalue weighted by molar-refractivity contribution is 6.31. The SMILES string of the molecule is Cc1cc(Cl)cc(O)c1-c1cc2ccn(CC3CCCCO3)c2nn1. The van der Waals surface area contributed by atoms with Crippen LogP contribution in [0, 0.1) is 6.92 Å². The van der Waals surface area contributed by atoms with Gasteiger partial charge >= 0.3 is 0 Å². The Morgan fingerprint density at radius 3 is 2.92 bits per heavy atom. The smallest absolute Gasteiger partial charge is 0.162 e. The molecule has 0 aliphatic carbocycles. The zero-order valence-corrected chi connectivity index (χ0v) is 14.8. The van der Waals surface area contributed by atoms with Crippen LogP contribution < -0.4 is 0 Å². The zero-order chi connectivity index (χ0) is 17.4. The summed E-state index contributed by atoms with van der Waals surface area (Å²) in [6, 6.07) is 7.32. The largest absolute Gasteiger partial charge is 0.507 e. The van der Waals surface area contributed by atoms with Gasteiger partial charge in [-0.15, -0.1) is 10.2 Å². The Kier molecular flexibility index (Phi) is 4.36. The van der Waals surface area contributed by atoms with Crippen LogP contribution in [-0.4, -0.2) is 32.6 Å². The fraction of sp³-hybridized carbons (Fsp3) is 0.368. The second kappa shape index (κ2) is 6.65. The van der Waals surface area contributed by atoms with Gasteiger partial charge in [-0.05, 0) is 56.0 Å². The molecule has 0 radical (unpaired) electrons. The van der Waals surface area contributed by atoms with Gasteiger partial charge in [0, 0.05) is 28.8 Å². The van der Waals surface area contributed by atoms with Gasteiger partial charge in [0.05, 0.1) is 18.3 Å². The maximum atomic E-state index is 10.2. The lowest BCUT2D eigenvalue weighted by Crippen LogP contribution is -2.24. The van der Waals surface area contributed by atoms with Crippen molar-refractivity contribution in [2.45, 2.75) is 38.8 Å². The fourth-order valence-electron chi connectivity index (χ4n) is 3.49. The Morgan fingerprint density at radius 2 is 2.16 bits per heavy atom. The molecule has 1 N–H and O–H groups in total. The Bertz CT molecular complexity index is 893. The summed E-state index contributed by atoms with van der Waals surface area (Å²) in [5.74, 6) is 0.119. The van der Waals surface area contributed by atoms with Crippen molar-refractivity contribution in [1.82, 2.24) is 14.8 Å². The Labute approximate surface area is 151 Å². The second-order valence-corrected chi connectivity index (χ2v) is 7.02. The summed E-state index contributed by atoms with van der Waals surface area (Å²) in [6.07, 6.45) is 5.72. The lowest BCUT2D eigenvalue weighted by atomic mass is 10.0. The first kappa shape index (κ1) is 16.4. The van der Waals surface area contributed by atoms with Gasteiger partial charge in [0.2, 0.25) is 0 Å². The lowest BCUT2D eigenvalue weighted by molar-refractivity contribution is 0.00660. The number of hydrogen-bond acceptors (Lipinski definition) is 4. The van der Waals surface area contributed by atoms with E-state index in [2.05, 4.69) is 14.8 Å². The monoisotopic (exact) mass is 357 g/mol. The van der Waals surface area contributed by atoms with Crippen LogP contribution in [0.1, 0.15) is 24.8 Å². The average Bonchev–Trinajstić information content (AvgIpc) is 2.97. The number of hydrogen-bond donors (Lipinski definition) is 1. The highest BCUT2D eigenvalue weighted by Crippen LogP contribution is 2.34. The number of aromatic nitrogens is 3. The van der Waals surface area contributed by atoms with Crippen molar-refractivity contribution in [2.75, 3.05) is 6.61 Å². The number of aryl methyl sites for hydroxylation is 1. The van der Waals surface area contributed by atoms with Crippen molar-refractivity contribution in [2.24, 2.45) is 0 Å². The molecule has 4 rings (SSSR count). The van der Waals surface area contributed by atoms with Gasteiger partial charge in [-0.1, -0.05) is 11.6 Å². The van der Waals surface area contributed by atoms with E-state index < -0.39 is 0 Å². The fourth-order valence-corrected chi connectivity index (χ4v) is 3.75. The average molecular weight is 358 g/mol. The summed E-state index contributed by atoms with van der Waals surface area (Å²) in [7, 11) is 0. The summed E-state index contributed by atoms with van der Waals surface area (Å²) >= 11 is 5.99. The third-order valence-electron chi connectivity index (χ3n) is 4.72. The van der Waals surface area contributed by atoms with E-state index in [-0.39, 0.29) is 11.9 Å². The summed E-state index contributed by atoms with van der Waals surface area (Å²) in [5.41, 5.74) is 3.02. The number of benzene rings is 1. The van der Waals surface area contributed by atoms with Gasteiger partial charge in [0.25, 0.3) is 0 Å². The van der Waals surface area contributed by atoms with Gasteiger partial charge in [0.1, 0.15) is 5.75 Å². The topological polar surface area (TPSA) is 60.2 Å². The normalized spacial score (nSPS) is 17.9. The third-order valence-corrected chi connectivity index (χ3v) is 4.94. The lowest BCUT2D eigenvalue weighted by Gasteiger charge is -2.23. The Morgan fingerprint density at radius 1 is 1.28 bits per heavy atom. The first-order valence-electron chi connectivity index (χ1n) is 8.55. The third kappa shape index (κ3) is 3.22. The van der Waals surface area contributed by atoms with E-state index in [1.807, 2.05) is 31.3 Å². The van der Waals surface area contributed by atoms with Crippen LogP contribution in [0.5, 0.6) is 5.75 Å². The van der Waals surface area contributed by atoms with Crippen LogP contribution in [0.2, 0.25) is 5.02 Å². The van der Waals surface area contributed by atoms with Crippen LogP contribution in [0.15, 0.2) is 30.5 Å². The minimum atomic E-state index is 0.119. The molecule has 0 amide bonds. The van der Waals surface area contributed by atoms with E-state index in [0.717, 1.165) is 42.6 Å². The van der Waals surface area contributed by atoms with Crippen LogP contribution >= 0.6 is 11.6 Å². The predicted octanol–water partition coefficient (Wildman–Crippen LogP) is 4.33. The number of phenolic OH excluding ortho intramolecular Hbond substituents is 1. The molecule has 6 heteroatoms. The first-order valence-corrected chi connectivity index (χ1v) is 8.93. The summed E-state index contributed by atoms with van der Waals surface area (Å²) in [5, 5.41) is 20.5. The van der Waals surface area contributed by atoms with Gasteiger partial charge in [-0.3, -0.25) is 0 Å². The molecule has 0 bridgehead atoms. The van der Waals surface area contributed by atoms with Crippen LogP contribution in [0.4, 0.5) is 0 Å². The molecule has 0 spiro atoms. The minimum Gasteiger partial charge on any atom is -0.507 e. The van der Waals surface area contributed by atoms with Crippen molar-refractivity contribution < 1.29 is 9.84 Å². The number of aromatic hydroxyl groups is 1. The first-order chi connectivity index (χ1) is 12.1. The van der Waals surface area contributed by atoms with Gasteiger partial charge in [-0.2, -0.15) is 0 Å².